The fourth-order valence-electron chi connectivity index (χ4n) is 1.91. The van der Waals surface area contributed by atoms with Crippen LogP contribution in [0, 0.1) is 0 Å². The normalized spacial score (nSPS) is 43.5. The second-order valence-corrected chi connectivity index (χ2v) is 6.98. The number of thiophene rings is 1. The predicted molar refractivity (Wildman–Crippen MR) is 89.7 cm³/mol. The summed E-state index contributed by atoms with van der Waals surface area (Å²) in [5, 5.41) is -0.136. The van der Waals surface area contributed by atoms with Gasteiger partial charge in [-0.1, -0.05) is 0 Å². The van der Waals surface area contributed by atoms with Crippen molar-refractivity contribution < 1.29 is 24.4 Å². The molecule has 0 spiro atoms. The first kappa shape index (κ1) is 6.91. The molecular weight excluding hydrogens is 283 g/mol. The zero-order valence-corrected chi connectivity index (χ0v) is 13.2. The van der Waals surface area contributed by atoms with Crippen molar-refractivity contribution in [3.05, 3.63) is 12.1 Å². The van der Waals surface area contributed by atoms with Crippen LogP contribution in [0.4, 0.5) is 5.00 Å². The highest BCUT2D eigenvalue weighted by Gasteiger charge is 2.52. The minimum atomic E-state index is -3.44. The Morgan fingerprint density at radius 2 is 1.76 bits per heavy atom. The molecule has 2 aliphatic heterocycles. The molecule has 21 heavy (non-hydrogen) atoms. The van der Waals surface area contributed by atoms with Crippen molar-refractivity contribution in [3.8, 4) is 0 Å². The van der Waals surface area contributed by atoms with Crippen LogP contribution in [0.2, 0.25) is 0 Å². The van der Waals surface area contributed by atoms with Crippen LogP contribution in [0.1, 0.15) is 42.8 Å². The maximum Gasteiger partial charge on any atom is 0.505 e. The highest BCUT2D eigenvalue weighted by atomic mass is 32.1. The van der Waals surface area contributed by atoms with Crippen molar-refractivity contribution in [2.75, 3.05) is 37.9 Å². The molecular formula is C15H25BN2O2S. The lowest BCUT2D eigenvalue weighted by molar-refractivity contribution is 0.00578. The molecule has 2 fully saturated rings. The molecule has 4 nitrogen and oxygen atoms in total. The Kier molecular flexibility index (Phi) is 1.73. The van der Waals surface area contributed by atoms with Crippen molar-refractivity contribution >= 4 is 28.2 Å². The summed E-state index contributed by atoms with van der Waals surface area (Å²) in [5.74, 6) is 0. The minimum Gasteiger partial charge on any atom is -0.399 e. The van der Waals surface area contributed by atoms with Gasteiger partial charge in [-0.2, -0.15) is 0 Å². The summed E-state index contributed by atoms with van der Waals surface area (Å²) in [4.78, 5) is -0.00606. The first-order valence-corrected chi connectivity index (χ1v) is 7.40. The van der Waals surface area contributed by atoms with E-state index in [1.54, 1.807) is 0 Å². The Balaban J connectivity index is 2.09. The van der Waals surface area contributed by atoms with Gasteiger partial charge in [0.25, 0.3) is 0 Å². The summed E-state index contributed by atoms with van der Waals surface area (Å²) >= 11 is 0.856. The molecule has 3 rings (SSSR count). The first-order chi connectivity index (χ1) is 14.0. The van der Waals surface area contributed by atoms with E-state index in [1.807, 2.05) is 27.7 Å². The lowest BCUT2D eigenvalue weighted by atomic mass is 9.88. The molecule has 0 aliphatic carbocycles. The molecule has 1 aromatic rings. The Morgan fingerprint density at radius 1 is 1.14 bits per heavy atom. The van der Waals surface area contributed by atoms with Gasteiger partial charge < -0.3 is 19.1 Å². The van der Waals surface area contributed by atoms with Gasteiger partial charge in [0.05, 0.1) is 21.7 Å². The number of rotatable bonds is 2. The highest BCUT2D eigenvalue weighted by molar-refractivity contribution is 7.25. The first-order valence-electron chi connectivity index (χ1n) is 12.1. The smallest absolute Gasteiger partial charge is 0.399 e. The summed E-state index contributed by atoms with van der Waals surface area (Å²) in [6.07, 6.45) is 0. The molecule has 0 atom stereocenters. The monoisotopic (exact) mass is 319 g/mol. The van der Waals surface area contributed by atoms with Crippen LogP contribution in [0.15, 0.2) is 12.1 Å². The second-order valence-electron chi connectivity index (χ2n) is 5.88. The van der Waals surface area contributed by atoms with E-state index < -0.39 is 51.3 Å². The minimum absolute atomic E-state index is 0.136. The molecule has 116 valence electrons. The third kappa shape index (κ3) is 2.87. The van der Waals surface area contributed by atoms with E-state index in [1.165, 1.54) is 12.1 Å². The van der Waals surface area contributed by atoms with Crippen LogP contribution in [0.25, 0.3) is 0 Å². The standard InChI is InChI=1S/C15H25BN2O2S/c1-14(2)15(3,4)20-16(19-14)12-6-7-13(21-12)18-10-8-17(5)9-11-18/h6-7H,8-11H2,1-5H3/i5D3,8D2,9D2,10D2,11D2. The Hall–Kier alpha value is -0.555. The molecule has 0 bridgehead atoms. The van der Waals surface area contributed by atoms with Crippen molar-refractivity contribution in [1.82, 2.24) is 4.90 Å². The van der Waals surface area contributed by atoms with E-state index in [0.717, 1.165) is 11.3 Å². The number of piperazine rings is 1. The van der Waals surface area contributed by atoms with Gasteiger partial charge in [0.15, 0.2) is 0 Å². The van der Waals surface area contributed by atoms with E-state index >= 15 is 0 Å². The van der Waals surface area contributed by atoms with Crippen molar-refractivity contribution in [2.24, 2.45) is 0 Å². The van der Waals surface area contributed by atoms with Gasteiger partial charge in [-0.3, -0.25) is 0 Å². The Bertz CT molecular complexity index is 858. The maximum absolute atomic E-state index is 8.37. The molecule has 0 radical (unpaired) electrons. The third-order valence-electron chi connectivity index (χ3n) is 3.87. The molecule has 3 heterocycles. The summed E-state index contributed by atoms with van der Waals surface area (Å²) in [6, 6.07) is 2.83. The van der Waals surface area contributed by atoms with E-state index in [2.05, 4.69) is 0 Å². The lowest BCUT2D eigenvalue weighted by Gasteiger charge is -2.32. The number of likely N-dealkylation sites (N-methyl/N-ethyl adjacent to an activating group) is 1. The van der Waals surface area contributed by atoms with E-state index in [-0.39, 0.29) is 9.90 Å². The molecule has 0 amide bonds. The fourth-order valence-corrected chi connectivity index (χ4v) is 2.80. The van der Waals surface area contributed by atoms with Gasteiger partial charge in [-0.05, 0) is 46.8 Å². The maximum atomic E-state index is 8.37. The summed E-state index contributed by atoms with van der Waals surface area (Å²) in [5.41, 5.74) is -1.32. The van der Waals surface area contributed by atoms with E-state index in [0.29, 0.717) is 9.68 Å². The highest BCUT2D eigenvalue weighted by Crippen LogP contribution is 2.37. The second kappa shape index (κ2) is 5.27. The Labute approximate surface area is 147 Å². The van der Waals surface area contributed by atoms with Gasteiger partial charge in [0.2, 0.25) is 0 Å². The molecule has 2 saturated heterocycles. The number of hydrogen-bond donors (Lipinski definition) is 0. The zero-order chi connectivity index (χ0) is 24.9. The van der Waals surface area contributed by atoms with E-state index in [4.69, 9.17) is 24.4 Å². The average Bonchev–Trinajstić information content (AvgIpc) is 3.06. The van der Waals surface area contributed by atoms with Crippen LogP contribution in [0.5, 0.6) is 0 Å². The van der Waals surface area contributed by atoms with Gasteiger partial charge >= 0.3 is 7.12 Å². The molecule has 0 saturated carbocycles. The van der Waals surface area contributed by atoms with Gasteiger partial charge in [0, 0.05) is 40.4 Å². The van der Waals surface area contributed by atoms with Crippen molar-refractivity contribution in [1.29, 1.82) is 0 Å². The van der Waals surface area contributed by atoms with Crippen molar-refractivity contribution in [2.45, 2.75) is 38.9 Å². The van der Waals surface area contributed by atoms with E-state index in [9.17, 15) is 0 Å². The largest absolute Gasteiger partial charge is 0.505 e. The topological polar surface area (TPSA) is 24.9 Å². The summed E-state index contributed by atoms with van der Waals surface area (Å²) in [7, 11) is -0.840. The molecule has 0 aromatic carbocycles. The van der Waals surface area contributed by atoms with Gasteiger partial charge in [0.1, 0.15) is 0 Å². The van der Waals surface area contributed by atoms with Crippen LogP contribution >= 0.6 is 11.3 Å². The van der Waals surface area contributed by atoms with Crippen LogP contribution in [0.3, 0.4) is 0 Å². The number of anilines is 1. The average molecular weight is 319 g/mol. The number of hydrogen-bond acceptors (Lipinski definition) is 5. The summed E-state index contributed by atoms with van der Waals surface area (Å²) in [6.45, 7) is -9.41. The predicted octanol–water partition coefficient (Wildman–Crippen LogP) is 1.80. The molecule has 1 aromatic heterocycles. The molecule has 0 unspecified atom stereocenters. The lowest BCUT2D eigenvalue weighted by Crippen LogP contribution is -2.44. The van der Waals surface area contributed by atoms with Crippen LogP contribution in [-0.2, 0) is 9.31 Å². The summed E-state index contributed by atoms with van der Waals surface area (Å²) < 4.78 is 101. The quantitative estimate of drug-likeness (QED) is 0.776. The number of nitrogens with zero attached hydrogens (tertiary/aromatic N) is 2. The SMILES string of the molecule is [2H]C([2H])([2H])N1C([2H])([2H])C([2H])([2H])N(c2ccc(B3OC(C)(C)C(C)(C)O3)s2)C([2H])([2H])C1([2H])[2H]. The fraction of sp³-hybridized carbons (Fsp3) is 0.733. The van der Waals surface area contributed by atoms with Crippen LogP contribution < -0.4 is 9.68 Å². The molecule has 2 aliphatic rings. The molecule has 0 N–H and O–H groups in total. The third-order valence-corrected chi connectivity index (χ3v) is 4.96. The van der Waals surface area contributed by atoms with Gasteiger partial charge in [-0.25, -0.2) is 0 Å². The van der Waals surface area contributed by atoms with Gasteiger partial charge in [-0.15, -0.1) is 11.3 Å². The molecule has 6 heteroatoms. The van der Waals surface area contributed by atoms with Crippen molar-refractivity contribution in [3.63, 3.8) is 0 Å². The van der Waals surface area contributed by atoms with Crippen LogP contribution in [-0.4, -0.2) is 56.2 Å². The Morgan fingerprint density at radius 3 is 2.33 bits per heavy atom. The zero-order valence-electron chi connectivity index (χ0n) is 23.4.